The summed E-state index contributed by atoms with van der Waals surface area (Å²) < 4.78 is 0. The van der Waals surface area contributed by atoms with Gasteiger partial charge in [0.1, 0.15) is 17.5 Å². The van der Waals surface area contributed by atoms with E-state index in [-0.39, 0.29) is 6.61 Å². The number of hydrogen-bond acceptors (Lipinski definition) is 5. The molecule has 3 N–H and O–H groups in total. The number of anilines is 2. The van der Waals surface area contributed by atoms with E-state index in [9.17, 15) is 0 Å². The quantitative estimate of drug-likeness (QED) is 0.688. The smallest absolute Gasteiger partial charge is 0.131 e. The lowest BCUT2D eigenvalue weighted by Crippen LogP contribution is -2.16. The van der Waals surface area contributed by atoms with Crippen LogP contribution in [0.4, 0.5) is 11.6 Å². The number of nitrogens with one attached hydrogen (secondary N) is 2. The van der Waals surface area contributed by atoms with E-state index in [1.54, 1.807) is 0 Å². The third kappa shape index (κ3) is 3.84. The molecule has 0 amide bonds. The molecule has 1 aromatic rings. The zero-order valence-electron chi connectivity index (χ0n) is 10.9. The van der Waals surface area contributed by atoms with Crippen molar-refractivity contribution in [2.24, 2.45) is 5.92 Å². The second-order valence-electron chi connectivity index (χ2n) is 4.85. The zero-order chi connectivity index (χ0) is 12.8. The monoisotopic (exact) mass is 250 g/mol. The predicted molar refractivity (Wildman–Crippen MR) is 72.8 cm³/mol. The van der Waals surface area contributed by atoms with Crippen molar-refractivity contribution < 1.29 is 5.11 Å². The van der Waals surface area contributed by atoms with Crippen molar-refractivity contribution in [3.05, 3.63) is 11.9 Å². The molecule has 1 aliphatic rings. The summed E-state index contributed by atoms with van der Waals surface area (Å²) in [5.41, 5.74) is 0. The number of aliphatic hydroxyl groups is 1. The minimum atomic E-state index is 0.105. The zero-order valence-corrected chi connectivity index (χ0v) is 10.9. The number of rotatable bonds is 7. The van der Waals surface area contributed by atoms with Crippen molar-refractivity contribution in [3.63, 3.8) is 0 Å². The fourth-order valence-electron chi connectivity index (χ4n) is 2.12. The largest absolute Gasteiger partial charge is 0.395 e. The minimum absolute atomic E-state index is 0.105. The molecule has 18 heavy (non-hydrogen) atoms. The number of hydrogen-bond donors (Lipinski definition) is 3. The average molecular weight is 250 g/mol. The first-order valence-corrected chi connectivity index (χ1v) is 6.72. The highest BCUT2D eigenvalue weighted by Crippen LogP contribution is 2.29. The average Bonchev–Trinajstić information content (AvgIpc) is 2.29. The Hall–Kier alpha value is -1.36. The topological polar surface area (TPSA) is 70.1 Å². The summed E-state index contributed by atoms with van der Waals surface area (Å²) in [5, 5.41) is 15.2. The summed E-state index contributed by atoms with van der Waals surface area (Å²) in [5.74, 6) is 3.28. The van der Waals surface area contributed by atoms with Crippen LogP contribution in [0.2, 0.25) is 0 Å². The van der Waals surface area contributed by atoms with E-state index in [1.807, 2.05) is 13.0 Å². The van der Waals surface area contributed by atoms with E-state index < -0.39 is 0 Å². The van der Waals surface area contributed by atoms with Crippen LogP contribution < -0.4 is 10.6 Å². The first kappa shape index (κ1) is 13.1. The van der Waals surface area contributed by atoms with Crippen LogP contribution in [0.1, 0.15) is 31.5 Å². The van der Waals surface area contributed by atoms with Gasteiger partial charge < -0.3 is 15.7 Å². The molecule has 2 rings (SSSR count). The summed E-state index contributed by atoms with van der Waals surface area (Å²) in [6, 6.07) is 1.89. The summed E-state index contributed by atoms with van der Waals surface area (Å²) >= 11 is 0. The van der Waals surface area contributed by atoms with Crippen molar-refractivity contribution in [3.8, 4) is 0 Å². The van der Waals surface area contributed by atoms with Crippen molar-refractivity contribution in [2.75, 3.05) is 30.3 Å². The molecular weight excluding hydrogens is 228 g/mol. The van der Waals surface area contributed by atoms with Crippen LogP contribution in [0.5, 0.6) is 0 Å². The molecule has 5 nitrogen and oxygen atoms in total. The van der Waals surface area contributed by atoms with E-state index in [1.165, 1.54) is 25.7 Å². The van der Waals surface area contributed by atoms with Crippen LogP contribution in [-0.2, 0) is 0 Å². The SMILES string of the molecule is Cc1nc(NCCO)cc(NCCC2CCC2)n1. The summed E-state index contributed by atoms with van der Waals surface area (Å²) in [7, 11) is 0. The molecule has 1 fully saturated rings. The molecule has 0 spiro atoms. The van der Waals surface area contributed by atoms with Gasteiger partial charge in [0.25, 0.3) is 0 Å². The lowest BCUT2D eigenvalue weighted by molar-refractivity contribution is 0.303. The number of nitrogens with zero attached hydrogens (tertiary/aromatic N) is 2. The Balaban J connectivity index is 1.83. The molecule has 0 radical (unpaired) electrons. The lowest BCUT2D eigenvalue weighted by Gasteiger charge is -2.25. The molecule has 0 unspecified atom stereocenters. The van der Waals surface area contributed by atoms with Gasteiger partial charge in [-0.15, -0.1) is 0 Å². The van der Waals surface area contributed by atoms with E-state index in [2.05, 4.69) is 20.6 Å². The molecule has 1 saturated carbocycles. The normalized spacial score (nSPS) is 15.2. The fraction of sp³-hybridized carbons (Fsp3) is 0.692. The molecule has 1 aliphatic carbocycles. The number of aliphatic hydroxyl groups excluding tert-OH is 1. The van der Waals surface area contributed by atoms with Crippen molar-refractivity contribution in [2.45, 2.75) is 32.6 Å². The molecule has 0 aliphatic heterocycles. The Labute approximate surface area is 108 Å². The third-order valence-corrected chi connectivity index (χ3v) is 3.34. The molecule has 100 valence electrons. The van der Waals surface area contributed by atoms with Gasteiger partial charge in [-0.25, -0.2) is 9.97 Å². The van der Waals surface area contributed by atoms with Crippen LogP contribution >= 0.6 is 0 Å². The summed E-state index contributed by atoms with van der Waals surface area (Å²) in [6.07, 6.45) is 5.39. The van der Waals surface area contributed by atoms with E-state index in [0.717, 1.165) is 29.9 Å². The standard InChI is InChI=1S/C13H22N4O/c1-10-16-12(9-13(17-10)15-7-8-18)14-6-5-11-3-2-4-11/h9,11,18H,2-8H2,1H3,(H2,14,15,16,17). The molecular formula is C13H22N4O. The van der Waals surface area contributed by atoms with Crippen LogP contribution in [0.15, 0.2) is 6.07 Å². The Morgan fingerprint density at radius 2 is 1.89 bits per heavy atom. The first-order chi connectivity index (χ1) is 8.78. The van der Waals surface area contributed by atoms with E-state index in [0.29, 0.717) is 6.54 Å². The number of aromatic nitrogens is 2. The molecule has 1 heterocycles. The highest BCUT2D eigenvalue weighted by molar-refractivity contribution is 5.47. The van der Waals surface area contributed by atoms with Crippen LogP contribution in [0, 0.1) is 12.8 Å². The fourth-order valence-corrected chi connectivity index (χ4v) is 2.12. The van der Waals surface area contributed by atoms with Crippen LogP contribution in [0.3, 0.4) is 0 Å². The number of aryl methyl sites for hydroxylation is 1. The molecule has 0 atom stereocenters. The Bertz CT molecular complexity index is 379. The minimum Gasteiger partial charge on any atom is -0.395 e. The molecule has 0 saturated heterocycles. The van der Waals surface area contributed by atoms with Gasteiger partial charge in [0.15, 0.2) is 0 Å². The Morgan fingerprint density at radius 3 is 2.44 bits per heavy atom. The second-order valence-corrected chi connectivity index (χ2v) is 4.85. The van der Waals surface area contributed by atoms with Crippen molar-refractivity contribution in [1.29, 1.82) is 0 Å². The van der Waals surface area contributed by atoms with Gasteiger partial charge in [0.05, 0.1) is 6.61 Å². The van der Waals surface area contributed by atoms with Gasteiger partial charge in [-0.3, -0.25) is 0 Å². The van der Waals surface area contributed by atoms with Gasteiger partial charge in [0, 0.05) is 19.2 Å². The molecule has 0 aromatic carbocycles. The molecule has 0 bridgehead atoms. The van der Waals surface area contributed by atoms with Crippen LogP contribution in [0.25, 0.3) is 0 Å². The van der Waals surface area contributed by atoms with Gasteiger partial charge in [-0.05, 0) is 19.3 Å². The van der Waals surface area contributed by atoms with Gasteiger partial charge in [-0.2, -0.15) is 0 Å². The Kier molecular flexibility index (Phi) is 4.75. The maximum absolute atomic E-state index is 8.78. The highest BCUT2D eigenvalue weighted by atomic mass is 16.3. The van der Waals surface area contributed by atoms with Gasteiger partial charge >= 0.3 is 0 Å². The van der Waals surface area contributed by atoms with Crippen molar-refractivity contribution in [1.82, 2.24) is 9.97 Å². The second kappa shape index (κ2) is 6.54. The van der Waals surface area contributed by atoms with E-state index in [4.69, 9.17) is 5.11 Å². The summed E-state index contributed by atoms with van der Waals surface area (Å²) in [6.45, 7) is 3.47. The van der Waals surface area contributed by atoms with Gasteiger partial charge in [-0.1, -0.05) is 19.3 Å². The maximum atomic E-state index is 8.78. The lowest BCUT2D eigenvalue weighted by atomic mass is 9.83. The highest BCUT2D eigenvalue weighted by Gasteiger charge is 2.16. The molecule has 1 aromatic heterocycles. The third-order valence-electron chi connectivity index (χ3n) is 3.34. The van der Waals surface area contributed by atoms with Gasteiger partial charge in [0.2, 0.25) is 0 Å². The Morgan fingerprint density at radius 1 is 1.22 bits per heavy atom. The maximum Gasteiger partial charge on any atom is 0.131 e. The van der Waals surface area contributed by atoms with Crippen molar-refractivity contribution >= 4 is 11.6 Å². The predicted octanol–water partition coefficient (Wildman–Crippen LogP) is 1.79. The van der Waals surface area contributed by atoms with Crippen LogP contribution in [-0.4, -0.2) is 34.8 Å². The summed E-state index contributed by atoms with van der Waals surface area (Å²) in [4.78, 5) is 8.63. The van der Waals surface area contributed by atoms with E-state index >= 15 is 0 Å². The first-order valence-electron chi connectivity index (χ1n) is 6.72. The molecule has 5 heteroatoms.